The molecule has 0 bridgehead atoms. The monoisotopic (exact) mass is 1050 g/mol. The Morgan fingerprint density at radius 3 is 0.853 bits per heavy atom. The van der Waals surface area contributed by atoms with E-state index in [4.69, 9.17) is 14.2 Å². The first kappa shape index (κ1) is 71.8. The lowest BCUT2D eigenvalue weighted by Gasteiger charge is -2.18. The highest BCUT2D eigenvalue weighted by Gasteiger charge is 2.19. The summed E-state index contributed by atoms with van der Waals surface area (Å²) in [4.78, 5) is 38.3. The first-order valence-corrected chi connectivity index (χ1v) is 32.4. The molecule has 75 heavy (non-hydrogen) atoms. The van der Waals surface area contributed by atoms with Crippen molar-refractivity contribution in [3.63, 3.8) is 0 Å². The van der Waals surface area contributed by atoms with Crippen LogP contribution < -0.4 is 0 Å². The quantitative estimate of drug-likeness (QED) is 0.0261. The summed E-state index contributed by atoms with van der Waals surface area (Å²) >= 11 is 0. The number of hydrogen-bond acceptors (Lipinski definition) is 6. The minimum absolute atomic E-state index is 0.0878. The van der Waals surface area contributed by atoms with E-state index in [0.29, 0.717) is 19.3 Å². The van der Waals surface area contributed by atoms with Gasteiger partial charge in [-0.3, -0.25) is 14.4 Å². The van der Waals surface area contributed by atoms with Crippen LogP contribution >= 0.6 is 0 Å². The second kappa shape index (κ2) is 63.4. The molecule has 1 unspecified atom stereocenters. The van der Waals surface area contributed by atoms with Crippen molar-refractivity contribution in [2.75, 3.05) is 13.2 Å². The van der Waals surface area contributed by atoms with Crippen LogP contribution in [-0.2, 0) is 28.6 Å². The maximum absolute atomic E-state index is 12.9. The first-order chi connectivity index (χ1) is 37.0. The molecule has 0 aliphatic heterocycles. The van der Waals surface area contributed by atoms with Gasteiger partial charge in [-0.05, 0) is 89.9 Å². The van der Waals surface area contributed by atoms with Crippen molar-refractivity contribution in [2.24, 2.45) is 0 Å². The zero-order valence-electron chi connectivity index (χ0n) is 49.8. The first-order valence-electron chi connectivity index (χ1n) is 32.4. The normalized spacial score (nSPS) is 12.5. The van der Waals surface area contributed by atoms with E-state index in [0.717, 1.165) is 109 Å². The van der Waals surface area contributed by atoms with Crippen molar-refractivity contribution in [3.8, 4) is 0 Å². The predicted molar refractivity (Wildman–Crippen MR) is 325 cm³/mol. The highest BCUT2D eigenvalue weighted by Crippen LogP contribution is 2.17. The summed E-state index contributed by atoms with van der Waals surface area (Å²) in [5.74, 6) is -0.916. The number of rotatable bonds is 59. The molecular weight excluding hydrogens is 925 g/mol. The molecule has 0 aromatic carbocycles. The fraction of sp³-hybridized carbons (Fsp3) is 0.783. The van der Waals surface area contributed by atoms with Crippen LogP contribution in [-0.4, -0.2) is 37.2 Å². The molecule has 0 saturated carbocycles. The van der Waals surface area contributed by atoms with Crippen molar-refractivity contribution >= 4 is 17.9 Å². The Morgan fingerprint density at radius 2 is 0.520 bits per heavy atom. The maximum atomic E-state index is 12.9. The number of unbranched alkanes of at least 4 members (excludes halogenated alkanes) is 36. The maximum Gasteiger partial charge on any atom is 0.306 e. The lowest BCUT2D eigenvalue weighted by Crippen LogP contribution is -2.30. The Bertz CT molecular complexity index is 1390. The topological polar surface area (TPSA) is 78.9 Å². The van der Waals surface area contributed by atoms with Crippen LogP contribution in [0.15, 0.2) is 72.9 Å². The number of carbonyl (C=O) groups excluding carboxylic acids is 3. The average Bonchev–Trinajstić information content (AvgIpc) is 3.41. The Morgan fingerprint density at radius 1 is 0.280 bits per heavy atom. The van der Waals surface area contributed by atoms with Gasteiger partial charge in [0.15, 0.2) is 6.10 Å². The second-order valence-corrected chi connectivity index (χ2v) is 21.6. The molecule has 0 fully saturated rings. The van der Waals surface area contributed by atoms with Crippen LogP contribution in [0.3, 0.4) is 0 Å². The van der Waals surface area contributed by atoms with E-state index in [1.807, 2.05) is 0 Å². The molecule has 0 spiro atoms. The van der Waals surface area contributed by atoms with Crippen LogP contribution in [0.25, 0.3) is 0 Å². The van der Waals surface area contributed by atoms with E-state index in [2.05, 4.69) is 93.7 Å². The summed E-state index contributed by atoms with van der Waals surface area (Å²) in [7, 11) is 0. The van der Waals surface area contributed by atoms with Crippen molar-refractivity contribution in [1.82, 2.24) is 0 Å². The van der Waals surface area contributed by atoms with E-state index in [1.54, 1.807) is 0 Å². The minimum atomic E-state index is -0.794. The third-order valence-corrected chi connectivity index (χ3v) is 14.2. The molecule has 0 aromatic rings. The van der Waals surface area contributed by atoms with Crippen LogP contribution in [0, 0.1) is 0 Å². The Balaban J connectivity index is 4.30. The highest BCUT2D eigenvalue weighted by atomic mass is 16.6. The Hall–Kier alpha value is -3.15. The predicted octanol–water partition coefficient (Wildman–Crippen LogP) is 22.1. The summed E-state index contributed by atoms with van der Waals surface area (Å²) < 4.78 is 16.9. The lowest BCUT2D eigenvalue weighted by atomic mass is 10.0. The van der Waals surface area contributed by atoms with Gasteiger partial charge in [0.2, 0.25) is 0 Å². The molecular formula is C69H122O6. The van der Waals surface area contributed by atoms with Gasteiger partial charge in [0, 0.05) is 19.3 Å². The van der Waals surface area contributed by atoms with E-state index in [9.17, 15) is 14.4 Å². The van der Waals surface area contributed by atoms with Gasteiger partial charge in [-0.1, -0.05) is 293 Å². The number of hydrogen-bond donors (Lipinski definition) is 0. The molecule has 0 aliphatic rings. The summed E-state index contributed by atoms with van der Waals surface area (Å²) in [5, 5.41) is 0. The van der Waals surface area contributed by atoms with Crippen molar-refractivity contribution in [1.29, 1.82) is 0 Å². The van der Waals surface area contributed by atoms with Gasteiger partial charge in [-0.15, -0.1) is 0 Å². The number of carbonyl (C=O) groups is 3. The van der Waals surface area contributed by atoms with Gasteiger partial charge in [0.25, 0.3) is 0 Å². The summed E-state index contributed by atoms with van der Waals surface area (Å²) in [5.41, 5.74) is 0. The van der Waals surface area contributed by atoms with Crippen LogP contribution in [0.2, 0.25) is 0 Å². The lowest BCUT2D eigenvalue weighted by molar-refractivity contribution is -0.167. The molecule has 6 heteroatoms. The Labute approximate surface area is 465 Å². The molecule has 0 aliphatic carbocycles. The third kappa shape index (κ3) is 61.6. The number of allylic oxidation sites excluding steroid dienone is 12. The average molecular weight is 1050 g/mol. The smallest absolute Gasteiger partial charge is 0.306 e. The SMILES string of the molecule is CC/C=C\C/C=C\C/C=C\CCCCCC(=O)OCC(COC(=O)CCCCCCCCCCCCCCCCCCCCCCCCCCC)OC(=O)CCCCCCCC/C=C\C/C=C\C/C=C\CCCCC. The van der Waals surface area contributed by atoms with Crippen LogP contribution in [0.1, 0.15) is 329 Å². The van der Waals surface area contributed by atoms with E-state index in [-0.39, 0.29) is 31.1 Å². The third-order valence-electron chi connectivity index (χ3n) is 14.2. The van der Waals surface area contributed by atoms with Gasteiger partial charge in [-0.25, -0.2) is 0 Å². The van der Waals surface area contributed by atoms with Gasteiger partial charge in [0.05, 0.1) is 0 Å². The summed E-state index contributed by atoms with van der Waals surface area (Å²) in [6, 6.07) is 0. The molecule has 0 saturated heterocycles. The Kier molecular flexibility index (Phi) is 60.7. The molecule has 0 N–H and O–H groups in total. The van der Waals surface area contributed by atoms with Gasteiger partial charge in [0.1, 0.15) is 13.2 Å². The molecule has 0 radical (unpaired) electrons. The second-order valence-electron chi connectivity index (χ2n) is 21.6. The van der Waals surface area contributed by atoms with Crippen molar-refractivity contribution in [3.05, 3.63) is 72.9 Å². The number of esters is 3. The summed E-state index contributed by atoms with van der Waals surface area (Å²) in [6.07, 6.45) is 82.1. The van der Waals surface area contributed by atoms with E-state index >= 15 is 0 Å². The van der Waals surface area contributed by atoms with Gasteiger partial charge < -0.3 is 14.2 Å². The molecule has 1 atom stereocenters. The fourth-order valence-electron chi connectivity index (χ4n) is 9.35. The standard InChI is InChI=1S/C69H122O6/c1-4-7-10-13-16-19-22-25-27-29-31-32-33-34-35-36-38-39-41-44-47-50-53-56-59-62-68(71)74-65-66(64-73-67(70)61-58-55-52-49-46-43-24-21-18-15-12-9-6-3)75-69(72)63-60-57-54-51-48-45-42-40-37-30-28-26-23-20-17-14-11-8-5-2/h9,12,17-18,20-21,26,28,37,40,43,46,66H,4-8,10-11,13-16,19,22-25,27,29-36,38-39,41-42,44-45,47-65H2,1-3H3/b12-9-,20-17-,21-18-,28-26-,40-37-,46-43-. The molecule has 6 nitrogen and oxygen atoms in total. The molecule has 0 heterocycles. The van der Waals surface area contributed by atoms with Crippen molar-refractivity contribution in [2.45, 2.75) is 335 Å². The van der Waals surface area contributed by atoms with Crippen molar-refractivity contribution < 1.29 is 28.6 Å². The minimum Gasteiger partial charge on any atom is -0.462 e. The highest BCUT2D eigenvalue weighted by molar-refractivity contribution is 5.71. The largest absolute Gasteiger partial charge is 0.462 e. The molecule has 0 rings (SSSR count). The molecule has 0 aromatic heterocycles. The zero-order valence-corrected chi connectivity index (χ0v) is 49.8. The van der Waals surface area contributed by atoms with E-state index in [1.165, 1.54) is 180 Å². The fourth-order valence-corrected chi connectivity index (χ4v) is 9.35. The van der Waals surface area contributed by atoms with Crippen LogP contribution in [0.5, 0.6) is 0 Å². The van der Waals surface area contributed by atoms with Gasteiger partial charge >= 0.3 is 17.9 Å². The van der Waals surface area contributed by atoms with Crippen LogP contribution in [0.4, 0.5) is 0 Å². The summed E-state index contributed by atoms with van der Waals surface area (Å²) in [6.45, 7) is 6.50. The molecule has 0 amide bonds. The zero-order chi connectivity index (χ0) is 54.3. The molecule has 434 valence electrons. The van der Waals surface area contributed by atoms with E-state index < -0.39 is 6.10 Å². The number of ether oxygens (including phenoxy) is 3. The van der Waals surface area contributed by atoms with Gasteiger partial charge in [-0.2, -0.15) is 0 Å².